The second-order valence-corrected chi connectivity index (χ2v) is 5.60. The summed E-state index contributed by atoms with van der Waals surface area (Å²) < 4.78 is 11.2. The van der Waals surface area contributed by atoms with Crippen LogP contribution in [0.3, 0.4) is 0 Å². The van der Waals surface area contributed by atoms with Crippen molar-refractivity contribution in [1.82, 2.24) is 9.80 Å². The fraction of sp³-hybridized carbons (Fsp3) is 0.389. The molecule has 23 heavy (non-hydrogen) atoms. The highest BCUT2D eigenvalue weighted by molar-refractivity contribution is 5.93. The second kappa shape index (κ2) is 7.33. The fourth-order valence-corrected chi connectivity index (χ4v) is 2.73. The molecule has 1 aliphatic rings. The summed E-state index contributed by atoms with van der Waals surface area (Å²) in [4.78, 5) is 16.8. The van der Waals surface area contributed by atoms with Crippen LogP contribution in [-0.2, 0) is 6.61 Å². The number of amides is 1. The Morgan fingerprint density at radius 2 is 1.87 bits per heavy atom. The van der Waals surface area contributed by atoms with Crippen molar-refractivity contribution in [3.8, 4) is 5.75 Å². The standard InChI is InChI=1S/C18H22N2O3/c1-2-19-9-11-20(12-10-19)18(21)17-15(8-13-22-17)14-23-16-6-4-3-5-7-16/h3-8,13H,2,9-12,14H2,1H3. The third-order valence-electron chi connectivity index (χ3n) is 4.19. The van der Waals surface area contributed by atoms with Gasteiger partial charge in [-0.3, -0.25) is 4.79 Å². The minimum Gasteiger partial charge on any atom is -0.489 e. The average Bonchev–Trinajstić information content (AvgIpc) is 3.09. The highest BCUT2D eigenvalue weighted by atomic mass is 16.5. The number of carbonyl (C=O) groups excluding carboxylic acids is 1. The van der Waals surface area contributed by atoms with Crippen LogP contribution in [0.2, 0.25) is 0 Å². The minimum atomic E-state index is -0.0441. The number of ether oxygens (including phenoxy) is 1. The zero-order chi connectivity index (χ0) is 16.1. The summed E-state index contributed by atoms with van der Waals surface area (Å²) in [5.74, 6) is 1.13. The lowest BCUT2D eigenvalue weighted by Crippen LogP contribution is -2.48. The molecule has 0 N–H and O–H groups in total. The van der Waals surface area contributed by atoms with E-state index in [0.29, 0.717) is 12.4 Å². The van der Waals surface area contributed by atoms with Crippen LogP contribution in [0.1, 0.15) is 23.0 Å². The van der Waals surface area contributed by atoms with E-state index < -0.39 is 0 Å². The maximum absolute atomic E-state index is 12.6. The molecular formula is C18H22N2O3. The van der Waals surface area contributed by atoms with Crippen molar-refractivity contribution in [3.05, 3.63) is 54.0 Å². The van der Waals surface area contributed by atoms with Crippen molar-refractivity contribution in [2.75, 3.05) is 32.7 Å². The first-order valence-electron chi connectivity index (χ1n) is 8.03. The third kappa shape index (κ3) is 3.74. The molecule has 0 saturated carbocycles. The van der Waals surface area contributed by atoms with Gasteiger partial charge < -0.3 is 19.0 Å². The van der Waals surface area contributed by atoms with E-state index in [0.717, 1.165) is 44.0 Å². The van der Waals surface area contributed by atoms with Gasteiger partial charge in [0.15, 0.2) is 5.76 Å². The van der Waals surface area contributed by atoms with E-state index in [1.807, 2.05) is 35.2 Å². The Labute approximate surface area is 136 Å². The SMILES string of the molecule is CCN1CCN(C(=O)c2occc2COc2ccccc2)CC1. The minimum absolute atomic E-state index is 0.0441. The molecule has 0 bridgehead atoms. The Bertz CT molecular complexity index is 631. The van der Waals surface area contributed by atoms with Crippen LogP contribution in [-0.4, -0.2) is 48.4 Å². The molecular weight excluding hydrogens is 292 g/mol. The molecule has 1 aliphatic heterocycles. The largest absolute Gasteiger partial charge is 0.489 e. The van der Waals surface area contributed by atoms with E-state index in [1.54, 1.807) is 12.3 Å². The number of benzene rings is 1. The molecule has 0 atom stereocenters. The van der Waals surface area contributed by atoms with Gasteiger partial charge >= 0.3 is 0 Å². The number of nitrogens with zero attached hydrogens (tertiary/aromatic N) is 2. The number of likely N-dealkylation sites (N-methyl/N-ethyl adjacent to an activating group) is 1. The monoisotopic (exact) mass is 314 g/mol. The maximum Gasteiger partial charge on any atom is 0.290 e. The Morgan fingerprint density at radius 1 is 1.13 bits per heavy atom. The Hall–Kier alpha value is -2.27. The van der Waals surface area contributed by atoms with Crippen molar-refractivity contribution in [1.29, 1.82) is 0 Å². The first kappa shape index (κ1) is 15.6. The number of piperazine rings is 1. The van der Waals surface area contributed by atoms with Crippen molar-refractivity contribution >= 4 is 5.91 Å². The third-order valence-corrected chi connectivity index (χ3v) is 4.19. The average molecular weight is 314 g/mol. The summed E-state index contributed by atoms with van der Waals surface area (Å²) in [5, 5.41) is 0. The van der Waals surface area contributed by atoms with Gasteiger partial charge in [0, 0.05) is 31.7 Å². The van der Waals surface area contributed by atoms with Crippen LogP contribution < -0.4 is 4.74 Å². The molecule has 0 spiro atoms. The van der Waals surface area contributed by atoms with E-state index >= 15 is 0 Å². The summed E-state index contributed by atoms with van der Waals surface area (Å²) in [7, 11) is 0. The maximum atomic E-state index is 12.6. The molecule has 0 unspecified atom stereocenters. The molecule has 1 saturated heterocycles. The van der Waals surface area contributed by atoms with Crippen molar-refractivity contribution in [2.45, 2.75) is 13.5 Å². The summed E-state index contributed by atoms with van der Waals surface area (Å²) in [5.41, 5.74) is 0.789. The second-order valence-electron chi connectivity index (χ2n) is 5.60. The van der Waals surface area contributed by atoms with Crippen molar-refractivity contribution in [2.24, 2.45) is 0 Å². The van der Waals surface area contributed by atoms with Gasteiger partial charge in [-0.1, -0.05) is 25.1 Å². The van der Waals surface area contributed by atoms with Gasteiger partial charge in [-0.15, -0.1) is 0 Å². The highest BCUT2D eigenvalue weighted by Gasteiger charge is 2.25. The lowest BCUT2D eigenvalue weighted by molar-refractivity contribution is 0.0609. The molecule has 1 fully saturated rings. The van der Waals surface area contributed by atoms with Crippen LogP contribution in [0, 0.1) is 0 Å². The number of hydrogen-bond donors (Lipinski definition) is 0. The van der Waals surface area contributed by atoms with Crippen LogP contribution in [0.15, 0.2) is 47.1 Å². The summed E-state index contributed by atoms with van der Waals surface area (Å²) in [6.07, 6.45) is 1.55. The summed E-state index contributed by atoms with van der Waals surface area (Å²) in [6, 6.07) is 11.4. The molecule has 0 radical (unpaired) electrons. The quantitative estimate of drug-likeness (QED) is 0.851. The van der Waals surface area contributed by atoms with Crippen LogP contribution in [0.25, 0.3) is 0 Å². The zero-order valence-corrected chi connectivity index (χ0v) is 13.4. The lowest BCUT2D eigenvalue weighted by Gasteiger charge is -2.33. The fourth-order valence-electron chi connectivity index (χ4n) is 2.73. The number of rotatable bonds is 5. The van der Waals surface area contributed by atoms with Gasteiger partial charge in [-0.2, -0.15) is 0 Å². The number of carbonyl (C=O) groups is 1. The summed E-state index contributed by atoms with van der Waals surface area (Å²) in [6.45, 7) is 6.81. The van der Waals surface area contributed by atoms with E-state index in [1.165, 1.54) is 0 Å². The van der Waals surface area contributed by atoms with E-state index in [9.17, 15) is 4.79 Å². The molecule has 1 amide bonds. The Morgan fingerprint density at radius 3 is 2.57 bits per heavy atom. The van der Waals surface area contributed by atoms with Gasteiger partial charge in [0.05, 0.1) is 6.26 Å². The van der Waals surface area contributed by atoms with Gasteiger partial charge in [0.2, 0.25) is 0 Å². The topological polar surface area (TPSA) is 45.9 Å². The molecule has 5 nitrogen and oxygen atoms in total. The number of furan rings is 1. The van der Waals surface area contributed by atoms with Crippen LogP contribution in [0.5, 0.6) is 5.75 Å². The molecule has 2 heterocycles. The van der Waals surface area contributed by atoms with Crippen LogP contribution >= 0.6 is 0 Å². The van der Waals surface area contributed by atoms with Gasteiger partial charge in [0.25, 0.3) is 5.91 Å². The van der Waals surface area contributed by atoms with Gasteiger partial charge in [0.1, 0.15) is 12.4 Å². The zero-order valence-electron chi connectivity index (χ0n) is 13.4. The molecule has 2 aromatic rings. The molecule has 0 aliphatic carbocycles. The highest BCUT2D eigenvalue weighted by Crippen LogP contribution is 2.18. The van der Waals surface area contributed by atoms with E-state index in [-0.39, 0.29) is 5.91 Å². The van der Waals surface area contributed by atoms with E-state index in [4.69, 9.17) is 9.15 Å². The molecule has 1 aromatic heterocycles. The Balaban J connectivity index is 1.62. The summed E-state index contributed by atoms with van der Waals surface area (Å²) >= 11 is 0. The first-order valence-corrected chi connectivity index (χ1v) is 8.03. The van der Waals surface area contributed by atoms with Crippen molar-refractivity contribution in [3.63, 3.8) is 0 Å². The van der Waals surface area contributed by atoms with Gasteiger partial charge in [-0.05, 0) is 24.7 Å². The smallest absolute Gasteiger partial charge is 0.290 e. The predicted molar refractivity (Wildman–Crippen MR) is 87.5 cm³/mol. The normalized spacial score (nSPS) is 15.6. The first-order chi connectivity index (χ1) is 11.3. The van der Waals surface area contributed by atoms with Crippen LogP contribution in [0.4, 0.5) is 0 Å². The van der Waals surface area contributed by atoms with E-state index in [2.05, 4.69) is 11.8 Å². The van der Waals surface area contributed by atoms with Crippen molar-refractivity contribution < 1.29 is 13.9 Å². The number of para-hydroxylation sites is 1. The Kier molecular flexibility index (Phi) is 4.98. The molecule has 3 rings (SSSR count). The molecule has 122 valence electrons. The predicted octanol–water partition coefficient (Wildman–Crippen LogP) is 2.64. The molecule has 5 heteroatoms. The number of hydrogen-bond acceptors (Lipinski definition) is 4. The molecule has 1 aromatic carbocycles. The van der Waals surface area contributed by atoms with Gasteiger partial charge in [-0.25, -0.2) is 0 Å². The lowest BCUT2D eigenvalue weighted by atomic mass is 10.2.